The number of rotatable bonds is 38. The summed E-state index contributed by atoms with van der Waals surface area (Å²) in [5.41, 5.74) is 0. The van der Waals surface area contributed by atoms with Crippen LogP contribution in [-0.4, -0.2) is 76.9 Å². The van der Waals surface area contributed by atoms with Crippen molar-refractivity contribution >= 4 is 19.8 Å². The Hall–Kier alpha value is -2.11. The Morgan fingerprint density at radius 3 is 1.85 bits per heavy atom. The number of hydrogen-bond acceptors (Lipinski definition) is 10. The Morgan fingerprint density at radius 1 is 0.648 bits per heavy atom. The predicted octanol–water partition coefficient (Wildman–Crippen LogP) is 9.53. The van der Waals surface area contributed by atoms with E-state index in [-0.39, 0.29) is 19.4 Å². The molecule has 0 heterocycles. The summed E-state index contributed by atoms with van der Waals surface area (Å²) in [6, 6.07) is 0. The lowest BCUT2D eigenvalue weighted by molar-refractivity contribution is -0.161. The second kappa shape index (κ2) is 37.8. The smallest absolute Gasteiger partial charge is 0.462 e. The van der Waals surface area contributed by atoms with Gasteiger partial charge in [0.1, 0.15) is 12.7 Å². The van der Waals surface area contributed by atoms with E-state index in [0.717, 1.165) is 64.2 Å². The van der Waals surface area contributed by atoms with E-state index in [4.69, 9.17) is 19.1 Å². The van der Waals surface area contributed by atoms with Crippen LogP contribution < -0.4 is 0 Å². The molecule has 4 N–H and O–H groups in total. The molecule has 0 aliphatic heterocycles. The highest BCUT2D eigenvalue weighted by molar-refractivity contribution is 7.47. The number of phosphoric ester groups is 1. The third kappa shape index (κ3) is 36.8. The number of ether oxygens (including phenoxy) is 2. The van der Waals surface area contributed by atoms with E-state index in [0.29, 0.717) is 19.3 Å². The highest BCUT2D eigenvalue weighted by Gasteiger charge is 2.27. The first-order valence-electron chi connectivity index (χ1n) is 20.7. The van der Waals surface area contributed by atoms with Crippen molar-refractivity contribution in [3.63, 3.8) is 0 Å². The first kappa shape index (κ1) is 51.9. The van der Waals surface area contributed by atoms with Gasteiger partial charge in [-0.2, -0.15) is 0 Å². The van der Waals surface area contributed by atoms with Gasteiger partial charge in [-0.05, 0) is 57.8 Å². The van der Waals surface area contributed by atoms with E-state index in [2.05, 4.69) is 42.7 Å². The number of aliphatic hydroxyl groups excluding tert-OH is 3. The zero-order valence-corrected chi connectivity index (χ0v) is 34.4. The Labute approximate surface area is 326 Å². The topological polar surface area (TPSA) is 169 Å². The molecule has 0 aromatic rings. The Balaban J connectivity index is 4.42. The van der Waals surface area contributed by atoms with Crippen molar-refractivity contribution in [2.45, 2.75) is 180 Å². The summed E-state index contributed by atoms with van der Waals surface area (Å²) < 4.78 is 32.6. The number of carbonyl (C=O) groups is 2. The summed E-state index contributed by atoms with van der Waals surface area (Å²) in [4.78, 5) is 34.9. The van der Waals surface area contributed by atoms with Gasteiger partial charge < -0.3 is 29.7 Å². The predicted molar refractivity (Wildman–Crippen MR) is 216 cm³/mol. The fraction of sp³-hybridized carbons (Fsp3) is 0.762. The van der Waals surface area contributed by atoms with Crippen LogP contribution in [0.15, 0.2) is 48.6 Å². The molecule has 0 rings (SSSR count). The number of carbonyl (C=O) groups excluding carboxylic acids is 2. The van der Waals surface area contributed by atoms with Crippen LogP contribution in [-0.2, 0) is 32.7 Å². The minimum absolute atomic E-state index is 0.112. The summed E-state index contributed by atoms with van der Waals surface area (Å²) in [6.07, 6.45) is 35.2. The van der Waals surface area contributed by atoms with Gasteiger partial charge in [0, 0.05) is 12.8 Å². The minimum atomic E-state index is -4.64. The summed E-state index contributed by atoms with van der Waals surface area (Å²) in [5, 5.41) is 28.4. The van der Waals surface area contributed by atoms with Gasteiger partial charge in [0.25, 0.3) is 0 Å². The van der Waals surface area contributed by atoms with E-state index in [1.54, 1.807) is 6.08 Å². The molecule has 314 valence electrons. The molecule has 0 fully saturated rings. The van der Waals surface area contributed by atoms with Gasteiger partial charge in [0.2, 0.25) is 0 Å². The Kier molecular flexibility index (Phi) is 36.3. The molecule has 0 amide bonds. The number of unbranched alkanes of at least 4 members (excludes halogenated alkanes) is 15. The van der Waals surface area contributed by atoms with Crippen molar-refractivity contribution in [2.75, 3.05) is 26.4 Å². The van der Waals surface area contributed by atoms with Crippen molar-refractivity contribution < 1.29 is 52.9 Å². The molecular weight excluding hydrogens is 711 g/mol. The van der Waals surface area contributed by atoms with Gasteiger partial charge >= 0.3 is 19.8 Å². The molecule has 54 heavy (non-hydrogen) atoms. The van der Waals surface area contributed by atoms with Gasteiger partial charge in [0.05, 0.1) is 25.9 Å². The fourth-order valence-electron chi connectivity index (χ4n) is 5.35. The SMILES string of the molecule is CC/C=C/C/C=C/C=C/C(O)CCCCCCCC(=O)O[C@H](COC(=O)CCCCCCCCC/C=C\CCCCCC)COP(=O)(O)OC[C@@H](O)CO. The van der Waals surface area contributed by atoms with Crippen LogP contribution in [0.3, 0.4) is 0 Å². The van der Waals surface area contributed by atoms with Crippen LogP contribution in [0.25, 0.3) is 0 Å². The molecule has 0 radical (unpaired) electrons. The molecular formula is C42H75O11P. The lowest BCUT2D eigenvalue weighted by Crippen LogP contribution is -2.29. The van der Waals surface area contributed by atoms with Crippen LogP contribution in [0.5, 0.6) is 0 Å². The van der Waals surface area contributed by atoms with Crippen molar-refractivity contribution in [2.24, 2.45) is 0 Å². The van der Waals surface area contributed by atoms with E-state index in [9.17, 15) is 29.3 Å². The number of phosphoric acid groups is 1. The second-order valence-corrected chi connectivity index (χ2v) is 15.3. The van der Waals surface area contributed by atoms with Crippen LogP contribution in [0, 0.1) is 0 Å². The van der Waals surface area contributed by atoms with Crippen LogP contribution in [0.4, 0.5) is 0 Å². The van der Waals surface area contributed by atoms with Gasteiger partial charge in [0.15, 0.2) is 6.10 Å². The number of hydrogen-bond donors (Lipinski definition) is 4. The van der Waals surface area contributed by atoms with E-state index >= 15 is 0 Å². The molecule has 2 unspecified atom stereocenters. The molecule has 12 heteroatoms. The second-order valence-electron chi connectivity index (χ2n) is 13.8. The van der Waals surface area contributed by atoms with Gasteiger partial charge in [-0.15, -0.1) is 0 Å². The monoisotopic (exact) mass is 787 g/mol. The first-order chi connectivity index (χ1) is 26.1. The Bertz CT molecular complexity index is 1060. The first-order valence-corrected chi connectivity index (χ1v) is 22.2. The highest BCUT2D eigenvalue weighted by Crippen LogP contribution is 2.43. The maximum atomic E-state index is 12.6. The molecule has 0 aromatic carbocycles. The molecule has 0 aliphatic carbocycles. The van der Waals surface area contributed by atoms with E-state index < -0.39 is 57.9 Å². The molecule has 0 saturated carbocycles. The molecule has 0 saturated heterocycles. The maximum absolute atomic E-state index is 12.6. The van der Waals surface area contributed by atoms with Crippen molar-refractivity contribution in [1.82, 2.24) is 0 Å². The fourth-order valence-corrected chi connectivity index (χ4v) is 6.14. The average Bonchev–Trinajstić information content (AvgIpc) is 3.15. The zero-order chi connectivity index (χ0) is 40.0. The van der Waals surface area contributed by atoms with Gasteiger partial charge in [-0.3, -0.25) is 18.6 Å². The lowest BCUT2D eigenvalue weighted by atomic mass is 10.1. The molecule has 0 aliphatic rings. The number of allylic oxidation sites excluding steroid dienone is 7. The largest absolute Gasteiger partial charge is 0.472 e. The molecule has 0 aromatic heterocycles. The van der Waals surface area contributed by atoms with Gasteiger partial charge in [-0.1, -0.05) is 140 Å². The summed E-state index contributed by atoms with van der Waals surface area (Å²) >= 11 is 0. The highest BCUT2D eigenvalue weighted by atomic mass is 31.2. The van der Waals surface area contributed by atoms with Crippen LogP contribution in [0.1, 0.15) is 162 Å². The van der Waals surface area contributed by atoms with Crippen molar-refractivity contribution in [3.8, 4) is 0 Å². The normalized spacial score (nSPS) is 15.0. The molecule has 4 atom stereocenters. The summed E-state index contributed by atoms with van der Waals surface area (Å²) in [7, 11) is -4.64. The third-order valence-electron chi connectivity index (χ3n) is 8.57. The third-order valence-corrected chi connectivity index (χ3v) is 9.52. The average molecular weight is 787 g/mol. The van der Waals surface area contributed by atoms with E-state index in [1.807, 2.05) is 18.2 Å². The van der Waals surface area contributed by atoms with Crippen LogP contribution in [0.2, 0.25) is 0 Å². The number of aliphatic hydroxyl groups is 3. The standard InChI is InChI=1S/C42H75O11P/c1-3-5-7-9-11-12-13-14-15-16-17-18-20-24-28-32-41(46)50-36-40(37-52-54(48,49)51-35-39(45)34-43)53-42(47)33-29-25-21-23-27-31-38(44)30-26-22-19-10-8-6-4-2/h6,8,12-13,19,22,26,30,38-40,43-45H,3-5,7,9-11,14-18,20-21,23-25,27-29,31-37H2,1-2H3,(H,48,49)/b8-6+,13-12-,22-19+,30-26+/t38?,39-,40+/m0/s1. The summed E-state index contributed by atoms with van der Waals surface area (Å²) in [6.45, 7) is 2.11. The van der Waals surface area contributed by atoms with Gasteiger partial charge in [-0.25, -0.2) is 4.57 Å². The van der Waals surface area contributed by atoms with E-state index in [1.165, 1.54) is 51.4 Å². The maximum Gasteiger partial charge on any atom is 0.472 e. The Morgan fingerprint density at radius 2 is 1.22 bits per heavy atom. The summed E-state index contributed by atoms with van der Waals surface area (Å²) in [5.74, 6) is -1.01. The lowest BCUT2D eigenvalue weighted by Gasteiger charge is -2.20. The number of esters is 2. The molecule has 0 spiro atoms. The van der Waals surface area contributed by atoms with Crippen LogP contribution >= 0.6 is 7.82 Å². The molecule has 11 nitrogen and oxygen atoms in total. The van der Waals surface area contributed by atoms with Crippen molar-refractivity contribution in [1.29, 1.82) is 0 Å². The minimum Gasteiger partial charge on any atom is -0.462 e. The van der Waals surface area contributed by atoms with Crippen molar-refractivity contribution in [3.05, 3.63) is 48.6 Å². The molecule has 0 bridgehead atoms. The quantitative estimate of drug-likeness (QED) is 0.0155. The zero-order valence-electron chi connectivity index (χ0n) is 33.5.